The van der Waals surface area contributed by atoms with Crippen molar-refractivity contribution < 1.29 is 19.5 Å². The Hall–Kier alpha value is -2.10. The molecule has 3 heterocycles. The molecule has 9 heteroatoms. The number of likely N-dealkylation sites (tertiary alicyclic amines) is 1. The van der Waals surface area contributed by atoms with E-state index in [1.54, 1.807) is 33.7 Å². The molecule has 3 fully saturated rings. The molecule has 7 nitrogen and oxygen atoms in total. The third-order valence-electron chi connectivity index (χ3n) is 8.91. The molecular formula is C33H46BrN3O4S. The van der Waals surface area contributed by atoms with Crippen molar-refractivity contribution in [2.24, 2.45) is 17.8 Å². The summed E-state index contributed by atoms with van der Waals surface area (Å²) in [5, 5.41) is 10.4. The summed E-state index contributed by atoms with van der Waals surface area (Å²) in [5.74, 6) is -1.35. The van der Waals surface area contributed by atoms with Gasteiger partial charge in [0.25, 0.3) is 0 Å². The van der Waals surface area contributed by atoms with E-state index in [1.807, 2.05) is 35.2 Å². The summed E-state index contributed by atoms with van der Waals surface area (Å²) in [6.45, 7) is 15.5. The molecule has 230 valence electrons. The first kappa shape index (κ1) is 32.8. The lowest BCUT2D eigenvalue weighted by Gasteiger charge is -2.40. The second kappa shape index (κ2) is 14.1. The zero-order valence-electron chi connectivity index (χ0n) is 25.2. The standard InChI is InChI=1S/C33H46BrN3O4S/c1-6-9-17-35(15-7-2)32(41)29-33-19-25(34)28(42-33)26(27(33)31(40)37(29)24(21-38)18-22(4)5)30(39)36(16-8-3)20-23-13-11-10-12-14-23/h7-8,10-14,22,24-29,38H,2-3,6,9,15-21H2,1,4-5H3/t24-,25?,26+,27+,28+,29?,33?/m1/s1. The van der Waals surface area contributed by atoms with Crippen LogP contribution >= 0.6 is 27.7 Å². The maximum atomic E-state index is 14.6. The monoisotopic (exact) mass is 659 g/mol. The van der Waals surface area contributed by atoms with Gasteiger partial charge in [-0.15, -0.1) is 24.9 Å². The SMILES string of the molecule is C=CCN(CCCC)C(=O)C1N([C@@H](CO)CC(C)C)C(=O)[C@@H]2[C@H](C(=O)N(CC=C)Cc3ccccc3)[C@H]3SC12CC3Br. The fraction of sp³-hybridized carbons (Fsp3) is 0.606. The highest BCUT2D eigenvalue weighted by molar-refractivity contribution is 9.09. The maximum Gasteiger partial charge on any atom is 0.247 e. The average molecular weight is 661 g/mol. The molecule has 3 unspecified atom stereocenters. The minimum atomic E-state index is -0.754. The topological polar surface area (TPSA) is 81.2 Å². The van der Waals surface area contributed by atoms with Gasteiger partial charge in [-0.2, -0.15) is 0 Å². The van der Waals surface area contributed by atoms with Crippen molar-refractivity contribution in [2.45, 2.75) is 79.9 Å². The van der Waals surface area contributed by atoms with E-state index in [9.17, 15) is 19.5 Å². The normalized spacial score (nSPS) is 28.6. The molecule has 2 bridgehead atoms. The van der Waals surface area contributed by atoms with Gasteiger partial charge in [0, 0.05) is 36.3 Å². The Labute approximate surface area is 263 Å². The van der Waals surface area contributed by atoms with E-state index in [2.05, 4.69) is 49.9 Å². The van der Waals surface area contributed by atoms with Crippen LogP contribution in [0.2, 0.25) is 0 Å². The molecule has 1 aromatic rings. The van der Waals surface area contributed by atoms with E-state index < -0.39 is 28.7 Å². The Morgan fingerprint density at radius 1 is 1.17 bits per heavy atom. The van der Waals surface area contributed by atoms with Crippen LogP contribution in [0.3, 0.4) is 0 Å². The Balaban J connectivity index is 1.78. The lowest BCUT2D eigenvalue weighted by atomic mass is 9.70. The smallest absolute Gasteiger partial charge is 0.247 e. The predicted molar refractivity (Wildman–Crippen MR) is 173 cm³/mol. The van der Waals surface area contributed by atoms with Crippen LogP contribution in [-0.2, 0) is 20.9 Å². The first-order chi connectivity index (χ1) is 20.1. The Morgan fingerprint density at radius 2 is 1.83 bits per heavy atom. The number of aliphatic hydroxyl groups excluding tert-OH is 1. The van der Waals surface area contributed by atoms with Crippen molar-refractivity contribution in [3.05, 3.63) is 61.2 Å². The highest BCUT2D eigenvalue weighted by Crippen LogP contribution is 2.68. The lowest BCUT2D eigenvalue weighted by Crippen LogP contribution is -2.58. The van der Waals surface area contributed by atoms with Crippen molar-refractivity contribution >= 4 is 45.4 Å². The maximum absolute atomic E-state index is 14.6. The van der Waals surface area contributed by atoms with E-state index in [0.29, 0.717) is 39.0 Å². The summed E-state index contributed by atoms with van der Waals surface area (Å²) in [7, 11) is 0. The number of unbranched alkanes of at least 4 members (excludes halogenated alkanes) is 1. The van der Waals surface area contributed by atoms with Gasteiger partial charge in [-0.25, -0.2) is 0 Å². The number of hydrogen-bond acceptors (Lipinski definition) is 5. The van der Waals surface area contributed by atoms with E-state index >= 15 is 0 Å². The molecule has 0 saturated carbocycles. The Kier molecular flexibility index (Phi) is 11.0. The highest BCUT2D eigenvalue weighted by atomic mass is 79.9. The summed E-state index contributed by atoms with van der Waals surface area (Å²) >= 11 is 5.53. The molecule has 1 spiro atoms. The van der Waals surface area contributed by atoms with Gasteiger partial charge in [-0.3, -0.25) is 14.4 Å². The summed E-state index contributed by atoms with van der Waals surface area (Å²) in [6.07, 6.45) is 6.43. The number of carbonyl (C=O) groups excluding carboxylic acids is 3. The number of hydrogen-bond donors (Lipinski definition) is 1. The van der Waals surface area contributed by atoms with Crippen LogP contribution in [0, 0.1) is 17.8 Å². The average Bonchev–Trinajstić information content (AvgIpc) is 3.56. The second-order valence-electron chi connectivity index (χ2n) is 12.3. The third kappa shape index (κ3) is 6.11. The molecular weight excluding hydrogens is 614 g/mol. The van der Waals surface area contributed by atoms with Gasteiger partial charge in [0.2, 0.25) is 17.7 Å². The molecule has 3 aliphatic rings. The Morgan fingerprint density at radius 3 is 2.43 bits per heavy atom. The quantitative estimate of drug-likeness (QED) is 0.214. The second-order valence-corrected chi connectivity index (χ2v) is 15.0. The van der Waals surface area contributed by atoms with E-state index in [0.717, 1.165) is 18.4 Å². The number of benzene rings is 1. The number of aliphatic hydroxyl groups is 1. The van der Waals surface area contributed by atoms with Crippen LogP contribution in [0.15, 0.2) is 55.6 Å². The Bertz CT molecular complexity index is 1150. The van der Waals surface area contributed by atoms with Crippen LogP contribution in [0.4, 0.5) is 0 Å². The molecule has 1 N–H and O–H groups in total. The minimum Gasteiger partial charge on any atom is -0.394 e. The highest BCUT2D eigenvalue weighted by Gasteiger charge is 2.76. The number of carbonyl (C=O) groups is 3. The van der Waals surface area contributed by atoms with Crippen molar-refractivity contribution in [3.8, 4) is 0 Å². The van der Waals surface area contributed by atoms with E-state index in [4.69, 9.17) is 0 Å². The molecule has 7 atom stereocenters. The number of alkyl halides is 1. The molecule has 42 heavy (non-hydrogen) atoms. The van der Waals surface area contributed by atoms with Crippen LogP contribution in [-0.4, -0.2) is 90.7 Å². The molecule has 4 rings (SSSR count). The zero-order valence-corrected chi connectivity index (χ0v) is 27.6. The van der Waals surface area contributed by atoms with Crippen molar-refractivity contribution in [1.29, 1.82) is 0 Å². The van der Waals surface area contributed by atoms with Crippen LogP contribution in [0.5, 0.6) is 0 Å². The number of nitrogens with zero attached hydrogens (tertiary/aromatic N) is 3. The van der Waals surface area contributed by atoms with E-state index in [-0.39, 0.29) is 40.3 Å². The van der Waals surface area contributed by atoms with Gasteiger partial charge in [0.15, 0.2) is 0 Å². The predicted octanol–water partition coefficient (Wildman–Crippen LogP) is 4.89. The van der Waals surface area contributed by atoms with Gasteiger partial charge in [-0.1, -0.05) is 85.6 Å². The summed E-state index contributed by atoms with van der Waals surface area (Å²) in [6, 6.07) is 8.59. The largest absolute Gasteiger partial charge is 0.394 e. The molecule has 3 amide bonds. The zero-order chi connectivity index (χ0) is 30.6. The number of thioether (sulfide) groups is 1. The van der Waals surface area contributed by atoms with Crippen molar-refractivity contribution in [3.63, 3.8) is 0 Å². The number of halogens is 1. The first-order valence-corrected chi connectivity index (χ1v) is 17.0. The van der Waals surface area contributed by atoms with Crippen LogP contribution < -0.4 is 0 Å². The number of amides is 3. The van der Waals surface area contributed by atoms with Gasteiger partial charge in [-0.05, 0) is 30.7 Å². The van der Waals surface area contributed by atoms with E-state index in [1.165, 1.54) is 0 Å². The van der Waals surface area contributed by atoms with Gasteiger partial charge in [0.05, 0.1) is 29.2 Å². The van der Waals surface area contributed by atoms with Gasteiger partial charge < -0.3 is 19.8 Å². The fourth-order valence-electron chi connectivity index (χ4n) is 7.21. The molecule has 0 aliphatic carbocycles. The molecule has 0 radical (unpaired) electrons. The van der Waals surface area contributed by atoms with Crippen LogP contribution in [0.25, 0.3) is 0 Å². The minimum absolute atomic E-state index is 0.0146. The van der Waals surface area contributed by atoms with Gasteiger partial charge >= 0.3 is 0 Å². The molecule has 1 aromatic carbocycles. The summed E-state index contributed by atoms with van der Waals surface area (Å²) in [5.41, 5.74) is 1.01. The summed E-state index contributed by atoms with van der Waals surface area (Å²) < 4.78 is -0.754. The molecule has 0 aromatic heterocycles. The fourth-order valence-corrected chi connectivity index (χ4v) is 10.8. The van der Waals surface area contributed by atoms with Crippen molar-refractivity contribution in [1.82, 2.24) is 14.7 Å². The molecule has 3 aliphatic heterocycles. The number of rotatable bonds is 15. The third-order valence-corrected chi connectivity index (χ3v) is 12.1. The lowest BCUT2D eigenvalue weighted by molar-refractivity contribution is -0.147. The summed E-state index contributed by atoms with van der Waals surface area (Å²) in [4.78, 5) is 48.9. The first-order valence-electron chi connectivity index (χ1n) is 15.2. The van der Waals surface area contributed by atoms with Gasteiger partial charge in [0.1, 0.15) is 6.04 Å². The molecule has 3 saturated heterocycles. The van der Waals surface area contributed by atoms with Crippen LogP contribution in [0.1, 0.15) is 52.0 Å². The van der Waals surface area contributed by atoms with Crippen molar-refractivity contribution in [2.75, 3.05) is 26.2 Å². The number of fused-ring (bicyclic) bond motifs is 1.